The fraction of sp³-hybridized carbons (Fsp3) is 1.00. The van der Waals surface area contributed by atoms with E-state index in [9.17, 15) is 0 Å². The number of nitrogens with two attached hydrogens (primary N) is 1. The van der Waals surface area contributed by atoms with Crippen LogP contribution in [0.4, 0.5) is 0 Å². The average molecular weight is 173 g/mol. The van der Waals surface area contributed by atoms with Gasteiger partial charge in [-0.3, -0.25) is 0 Å². The van der Waals surface area contributed by atoms with Gasteiger partial charge in [-0.2, -0.15) is 12.6 Å². The predicted octanol–water partition coefficient (Wildman–Crippen LogP) is 1.93. The van der Waals surface area contributed by atoms with Gasteiger partial charge in [0.25, 0.3) is 0 Å². The first-order valence-electron chi connectivity index (χ1n) is 4.44. The Balaban J connectivity index is 2.61. The van der Waals surface area contributed by atoms with E-state index in [1.165, 1.54) is 12.8 Å². The number of rotatable bonds is 2. The topological polar surface area (TPSA) is 26.0 Å². The van der Waals surface area contributed by atoms with Gasteiger partial charge in [-0.1, -0.05) is 13.8 Å². The molecule has 2 heteroatoms. The van der Waals surface area contributed by atoms with E-state index in [-0.39, 0.29) is 0 Å². The molecule has 0 bridgehead atoms. The van der Waals surface area contributed by atoms with Crippen LogP contribution in [0.3, 0.4) is 0 Å². The van der Waals surface area contributed by atoms with E-state index >= 15 is 0 Å². The molecule has 66 valence electrons. The lowest BCUT2D eigenvalue weighted by atomic mass is 9.87. The summed E-state index contributed by atoms with van der Waals surface area (Å²) in [6, 6.07) is 0. The van der Waals surface area contributed by atoms with Crippen LogP contribution in [-0.4, -0.2) is 12.3 Å². The highest BCUT2D eigenvalue weighted by molar-refractivity contribution is 7.80. The van der Waals surface area contributed by atoms with Crippen molar-refractivity contribution in [1.82, 2.24) is 0 Å². The number of hydrogen-bond donors (Lipinski definition) is 2. The third kappa shape index (κ3) is 1.73. The maximum Gasteiger partial charge on any atom is -0.00125 e. The Morgan fingerprint density at radius 3 is 2.00 bits per heavy atom. The van der Waals surface area contributed by atoms with Crippen LogP contribution < -0.4 is 5.73 Å². The molecular weight excluding hydrogens is 154 g/mol. The molecule has 0 aromatic heterocycles. The monoisotopic (exact) mass is 173 g/mol. The van der Waals surface area contributed by atoms with Gasteiger partial charge in [-0.15, -0.1) is 0 Å². The second kappa shape index (κ2) is 3.36. The molecule has 2 atom stereocenters. The molecular formula is C9H19NS. The van der Waals surface area contributed by atoms with Crippen molar-refractivity contribution in [2.24, 2.45) is 23.0 Å². The van der Waals surface area contributed by atoms with Gasteiger partial charge in [0.15, 0.2) is 0 Å². The van der Waals surface area contributed by atoms with Gasteiger partial charge in [0.2, 0.25) is 0 Å². The molecule has 0 heterocycles. The van der Waals surface area contributed by atoms with E-state index in [0.29, 0.717) is 5.41 Å². The third-order valence-electron chi connectivity index (χ3n) is 3.25. The van der Waals surface area contributed by atoms with E-state index in [1.54, 1.807) is 0 Å². The second-order valence-electron chi connectivity index (χ2n) is 4.23. The Hall–Kier alpha value is 0.310. The van der Waals surface area contributed by atoms with Crippen molar-refractivity contribution in [1.29, 1.82) is 0 Å². The Morgan fingerprint density at radius 2 is 1.82 bits per heavy atom. The molecule has 0 radical (unpaired) electrons. The number of hydrogen-bond acceptors (Lipinski definition) is 2. The molecule has 0 unspecified atom stereocenters. The van der Waals surface area contributed by atoms with Crippen molar-refractivity contribution >= 4 is 12.6 Å². The van der Waals surface area contributed by atoms with Gasteiger partial charge in [-0.25, -0.2) is 0 Å². The summed E-state index contributed by atoms with van der Waals surface area (Å²) in [5.74, 6) is 2.63. The van der Waals surface area contributed by atoms with Crippen LogP contribution in [0.2, 0.25) is 0 Å². The van der Waals surface area contributed by atoms with E-state index in [1.807, 2.05) is 0 Å². The van der Waals surface area contributed by atoms with E-state index in [4.69, 9.17) is 5.73 Å². The first-order chi connectivity index (χ1) is 5.13. The minimum Gasteiger partial charge on any atom is -0.330 e. The summed E-state index contributed by atoms with van der Waals surface area (Å²) < 4.78 is 0. The molecule has 0 saturated heterocycles. The lowest BCUT2D eigenvalue weighted by molar-refractivity contribution is 0.343. The smallest absolute Gasteiger partial charge is 0.00125 e. The molecule has 1 aliphatic rings. The number of thiol groups is 1. The molecule has 0 spiro atoms. The van der Waals surface area contributed by atoms with Crippen molar-refractivity contribution in [3.63, 3.8) is 0 Å². The highest BCUT2D eigenvalue weighted by Crippen LogP contribution is 2.45. The summed E-state index contributed by atoms with van der Waals surface area (Å²) >= 11 is 4.38. The van der Waals surface area contributed by atoms with Crippen molar-refractivity contribution < 1.29 is 0 Å². The van der Waals surface area contributed by atoms with Crippen molar-refractivity contribution in [3.05, 3.63) is 0 Å². The summed E-state index contributed by atoms with van der Waals surface area (Å²) in [5, 5.41) is 0. The lowest BCUT2D eigenvalue weighted by Gasteiger charge is -2.24. The zero-order valence-electron chi connectivity index (χ0n) is 7.51. The van der Waals surface area contributed by atoms with Crippen molar-refractivity contribution in [2.45, 2.75) is 26.7 Å². The molecule has 0 aliphatic heterocycles. The first kappa shape index (κ1) is 9.40. The summed E-state index contributed by atoms with van der Waals surface area (Å²) in [7, 11) is 0. The molecule has 1 nitrogen and oxygen atoms in total. The minimum absolute atomic E-state index is 0.363. The van der Waals surface area contributed by atoms with Crippen molar-refractivity contribution in [3.8, 4) is 0 Å². The molecule has 2 N–H and O–H groups in total. The largest absolute Gasteiger partial charge is 0.330 e. The Labute approximate surface area is 75.1 Å². The quantitative estimate of drug-likeness (QED) is 0.613. The van der Waals surface area contributed by atoms with Gasteiger partial charge in [-0.05, 0) is 42.4 Å². The molecule has 0 amide bonds. The normalized spacial score (nSPS) is 36.0. The summed E-state index contributed by atoms with van der Waals surface area (Å²) in [6.07, 6.45) is 2.54. The Kier molecular flexibility index (Phi) is 2.87. The van der Waals surface area contributed by atoms with E-state index < -0.39 is 0 Å². The van der Waals surface area contributed by atoms with Gasteiger partial charge in [0.05, 0.1) is 0 Å². The van der Waals surface area contributed by atoms with Crippen molar-refractivity contribution in [2.75, 3.05) is 12.3 Å². The van der Waals surface area contributed by atoms with Crippen LogP contribution in [0.15, 0.2) is 0 Å². The maximum atomic E-state index is 5.75. The van der Waals surface area contributed by atoms with Gasteiger partial charge in [0.1, 0.15) is 0 Å². The van der Waals surface area contributed by atoms with Crippen LogP contribution in [0.1, 0.15) is 26.7 Å². The molecule has 1 saturated carbocycles. The second-order valence-corrected chi connectivity index (χ2v) is 4.54. The van der Waals surface area contributed by atoms with Crippen LogP contribution in [0.25, 0.3) is 0 Å². The fourth-order valence-electron chi connectivity index (χ4n) is 2.21. The molecule has 1 aliphatic carbocycles. The highest BCUT2D eigenvalue weighted by atomic mass is 32.1. The highest BCUT2D eigenvalue weighted by Gasteiger charge is 2.39. The van der Waals surface area contributed by atoms with E-state index in [2.05, 4.69) is 26.5 Å². The summed E-state index contributed by atoms with van der Waals surface area (Å²) in [6.45, 7) is 5.46. The average Bonchev–Trinajstić information content (AvgIpc) is 2.29. The lowest BCUT2D eigenvalue weighted by Crippen LogP contribution is -2.29. The molecule has 1 fully saturated rings. The third-order valence-corrected chi connectivity index (χ3v) is 3.92. The minimum atomic E-state index is 0.363. The molecule has 0 aromatic rings. The standard InChI is InChI=1S/C9H19NS/c1-7-3-9(5-10,6-11)4-8(7)2/h7-8,11H,3-6,10H2,1-2H3/t7-,8-/m0/s1. The molecule has 11 heavy (non-hydrogen) atoms. The van der Waals surface area contributed by atoms with Crippen LogP contribution in [0.5, 0.6) is 0 Å². The summed E-state index contributed by atoms with van der Waals surface area (Å²) in [5.41, 5.74) is 6.12. The van der Waals surface area contributed by atoms with Crippen LogP contribution in [-0.2, 0) is 0 Å². The van der Waals surface area contributed by atoms with Crippen LogP contribution in [0, 0.1) is 17.3 Å². The molecule has 0 aromatic carbocycles. The zero-order chi connectivity index (χ0) is 8.48. The first-order valence-corrected chi connectivity index (χ1v) is 5.08. The zero-order valence-corrected chi connectivity index (χ0v) is 8.40. The predicted molar refractivity (Wildman–Crippen MR) is 52.9 cm³/mol. The Morgan fingerprint density at radius 1 is 1.36 bits per heavy atom. The van der Waals surface area contributed by atoms with Gasteiger partial charge in [0, 0.05) is 0 Å². The fourth-order valence-corrected chi connectivity index (χ4v) is 2.60. The van der Waals surface area contributed by atoms with Crippen LogP contribution >= 0.6 is 12.6 Å². The summed E-state index contributed by atoms with van der Waals surface area (Å²) in [4.78, 5) is 0. The molecule has 1 rings (SSSR count). The van der Waals surface area contributed by atoms with Gasteiger partial charge >= 0.3 is 0 Å². The van der Waals surface area contributed by atoms with E-state index in [0.717, 1.165) is 24.1 Å². The SMILES string of the molecule is C[C@H]1CC(CN)(CS)C[C@@H]1C. The Bertz CT molecular complexity index is 120. The maximum absolute atomic E-state index is 5.75. The van der Waals surface area contributed by atoms with Gasteiger partial charge < -0.3 is 5.73 Å².